The van der Waals surface area contributed by atoms with E-state index in [1.165, 1.54) is 24.3 Å². The van der Waals surface area contributed by atoms with Gasteiger partial charge in [0.15, 0.2) is 5.82 Å². The number of carboxylic acids is 1. The molecule has 1 aromatic carbocycles. The van der Waals surface area contributed by atoms with E-state index >= 15 is 0 Å². The highest BCUT2D eigenvalue weighted by Gasteiger charge is 2.20. The molecule has 2 N–H and O–H groups in total. The molecule has 1 aromatic heterocycles. The number of anilines is 1. The van der Waals surface area contributed by atoms with Crippen molar-refractivity contribution in [2.75, 3.05) is 5.32 Å². The minimum Gasteiger partial charge on any atom is -0.481 e. The standard InChI is InChI=1S/C15H15FN2O4/c1-9-6-13(18-22-9)17-14(19)7-11(8-15(20)21)10-2-4-12(16)5-3-10/h2-6,11H,7-8H2,1H3,(H,20,21)(H,17,18,19). The molecule has 1 atom stereocenters. The largest absolute Gasteiger partial charge is 0.481 e. The second kappa shape index (κ2) is 6.84. The summed E-state index contributed by atoms with van der Waals surface area (Å²) in [4.78, 5) is 23.0. The van der Waals surface area contributed by atoms with Crippen LogP contribution in [0, 0.1) is 12.7 Å². The van der Waals surface area contributed by atoms with Crippen molar-refractivity contribution in [3.05, 3.63) is 47.5 Å². The van der Waals surface area contributed by atoms with E-state index < -0.39 is 17.7 Å². The van der Waals surface area contributed by atoms with Gasteiger partial charge in [-0.05, 0) is 24.6 Å². The number of aromatic nitrogens is 1. The number of aryl methyl sites for hydroxylation is 1. The number of hydrogen-bond acceptors (Lipinski definition) is 4. The Morgan fingerprint density at radius 1 is 1.32 bits per heavy atom. The minimum atomic E-state index is -1.03. The van der Waals surface area contributed by atoms with Gasteiger partial charge in [0.25, 0.3) is 0 Å². The van der Waals surface area contributed by atoms with Crippen molar-refractivity contribution in [2.45, 2.75) is 25.7 Å². The zero-order chi connectivity index (χ0) is 16.1. The molecule has 0 saturated heterocycles. The molecule has 1 amide bonds. The summed E-state index contributed by atoms with van der Waals surface area (Å²) in [7, 11) is 0. The number of carbonyl (C=O) groups excluding carboxylic acids is 1. The lowest BCUT2D eigenvalue weighted by molar-refractivity contribution is -0.137. The number of nitrogens with one attached hydrogen (secondary N) is 1. The van der Waals surface area contributed by atoms with E-state index in [0.717, 1.165) is 0 Å². The summed E-state index contributed by atoms with van der Waals surface area (Å²) < 4.78 is 17.8. The van der Waals surface area contributed by atoms with Crippen LogP contribution < -0.4 is 5.32 Å². The molecular formula is C15H15FN2O4. The van der Waals surface area contributed by atoms with Crippen LogP contribution in [0.25, 0.3) is 0 Å². The molecule has 0 aliphatic heterocycles. The fourth-order valence-corrected chi connectivity index (χ4v) is 2.10. The van der Waals surface area contributed by atoms with E-state index in [1.54, 1.807) is 13.0 Å². The summed E-state index contributed by atoms with van der Waals surface area (Å²) in [6.45, 7) is 1.69. The number of hydrogen-bond donors (Lipinski definition) is 2. The summed E-state index contributed by atoms with van der Waals surface area (Å²) in [5.41, 5.74) is 0.593. The van der Waals surface area contributed by atoms with Gasteiger partial charge in [0.2, 0.25) is 5.91 Å². The number of halogens is 1. The lowest BCUT2D eigenvalue weighted by Crippen LogP contribution is -2.18. The van der Waals surface area contributed by atoms with Gasteiger partial charge in [-0.1, -0.05) is 17.3 Å². The molecule has 0 bridgehead atoms. The van der Waals surface area contributed by atoms with Crippen molar-refractivity contribution in [2.24, 2.45) is 0 Å². The maximum atomic E-state index is 13.0. The number of carboxylic acid groups (broad SMARTS) is 1. The van der Waals surface area contributed by atoms with Crippen LogP contribution in [-0.4, -0.2) is 22.1 Å². The highest BCUT2D eigenvalue weighted by Crippen LogP contribution is 2.24. The topological polar surface area (TPSA) is 92.4 Å². The van der Waals surface area contributed by atoms with Crippen LogP contribution in [-0.2, 0) is 9.59 Å². The molecule has 116 valence electrons. The average molecular weight is 306 g/mol. The van der Waals surface area contributed by atoms with Gasteiger partial charge in [-0.2, -0.15) is 0 Å². The normalized spacial score (nSPS) is 11.9. The Labute approximate surface area is 125 Å². The molecule has 0 spiro atoms. The molecular weight excluding hydrogens is 291 g/mol. The summed E-state index contributed by atoms with van der Waals surface area (Å²) in [5.74, 6) is -1.55. The first-order valence-corrected chi connectivity index (χ1v) is 6.64. The zero-order valence-electron chi connectivity index (χ0n) is 11.9. The van der Waals surface area contributed by atoms with E-state index in [-0.39, 0.29) is 24.6 Å². The molecule has 0 saturated carbocycles. The number of carbonyl (C=O) groups is 2. The number of aliphatic carboxylic acids is 1. The first kappa shape index (κ1) is 15.7. The molecule has 6 nitrogen and oxygen atoms in total. The number of nitrogens with zero attached hydrogens (tertiary/aromatic N) is 1. The third-order valence-corrected chi connectivity index (χ3v) is 3.09. The second-order valence-corrected chi connectivity index (χ2v) is 4.92. The van der Waals surface area contributed by atoms with Crippen LogP contribution in [0.2, 0.25) is 0 Å². The predicted octanol–water partition coefficient (Wildman–Crippen LogP) is 2.71. The van der Waals surface area contributed by atoms with E-state index in [4.69, 9.17) is 9.63 Å². The number of amides is 1. The average Bonchev–Trinajstić information content (AvgIpc) is 2.83. The number of benzene rings is 1. The Morgan fingerprint density at radius 3 is 2.55 bits per heavy atom. The van der Waals surface area contributed by atoms with Crippen molar-refractivity contribution >= 4 is 17.7 Å². The monoisotopic (exact) mass is 306 g/mol. The van der Waals surface area contributed by atoms with Gasteiger partial charge in [-0.25, -0.2) is 4.39 Å². The second-order valence-electron chi connectivity index (χ2n) is 4.92. The Kier molecular flexibility index (Phi) is 4.88. The van der Waals surface area contributed by atoms with Gasteiger partial charge in [0.05, 0.1) is 6.42 Å². The Morgan fingerprint density at radius 2 is 2.00 bits per heavy atom. The maximum absolute atomic E-state index is 13.0. The van der Waals surface area contributed by atoms with Crippen LogP contribution in [0.4, 0.5) is 10.2 Å². The van der Waals surface area contributed by atoms with Crippen molar-refractivity contribution in [3.8, 4) is 0 Å². The Bertz CT molecular complexity index is 666. The van der Waals surface area contributed by atoms with Gasteiger partial charge in [-0.3, -0.25) is 9.59 Å². The van der Waals surface area contributed by atoms with Crippen molar-refractivity contribution in [1.82, 2.24) is 5.16 Å². The third-order valence-electron chi connectivity index (χ3n) is 3.09. The van der Waals surface area contributed by atoms with Crippen LogP contribution in [0.1, 0.15) is 30.1 Å². The van der Waals surface area contributed by atoms with E-state index in [1.807, 2.05) is 0 Å². The highest BCUT2D eigenvalue weighted by molar-refractivity contribution is 5.90. The fraction of sp³-hybridized carbons (Fsp3) is 0.267. The predicted molar refractivity (Wildman–Crippen MR) is 75.9 cm³/mol. The molecule has 0 radical (unpaired) electrons. The molecule has 7 heteroatoms. The first-order chi connectivity index (χ1) is 10.4. The van der Waals surface area contributed by atoms with Crippen LogP contribution in [0.5, 0.6) is 0 Å². The van der Waals surface area contributed by atoms with E-state index in [0.29, 0.717) is 11.3 Å². The molecule has 2 aromatic rings. The van der Waals surface area contributed by atoms with Gasteiger partial charge in [0, 0.05) is 18.4 Å². The minimum absolute atomic E-state index is 0.0517. The fourth-order valence-electron chi connectivity index (χ4n) is 2.10. The SMILES string of the molecule is Cc1cc(NC(=O)CC(CC(=O)O)c2ccc(F)cc2)no1. The molecule has 0 aliphatic carbocycles. The van der Waals surface area contributed by atoms with Crippen molar-refractivity contribution < 1.29 is 23.6 Å². The lowest BCUT2D eigenvalue weighted by atomic mass is 9.92. The third kappa shape index (κ3) is 4.41. The maximum Gasteiger partial charge on any atom is 0.303 e. The van der Waals surface area contributed by atoms with Gasteiger partial charge >= 0.3 is 5.97 Å². The molecule has 1 unspecified atom stereocenters. The van der Waals surface area contributed by atoms with Crippen molar-refractivity contribution in [3.63, 3.8) is 0 Å². The van der Waals surface area contributed by atoms with Gasteiger partial charge in [0.1, 0.15) is 11.6 Å². The molecule has 0 aliphatic rings. The van der Waals surface area contributed by atoms with Crippen LogP contribution in [0.3, 0.4) is 0 Å². The summed E-state index contributed by atoms with van der Waals surface area (Å²) >= 11 is 0. The summed E-state index contributed by atoms with van der Waals surface area (Å²) in [5, 5.41) is 15.1. The molecule has 22 heavy (non-hydrogen) atoms. The smallest absolute Gasteiger partial charge is 0.303 e. The quantitative estimate of drug-likeness (QED) is 0.856. The molecule has 0 fully saturated rings. The Hall–Kier alpha value is -2.70. The van der Waals surface area contributed by atoms with Crippen molar-refractivity contribution in [1.29, 1.82) is 0 Å². The summed E-state index contributed by atoms with van der Waals surface area (Å²) in [6.07, 6.45) is -0.277. The number of rotatable bonds is 6. The van der Waals surface area contributed by atoms with Crippen LogP contribution in [0.15, 0.2) is 34.9 Å². The lowest BCUT2D eigenvalue weighted by Gasteiger charge is -2.14. The van der Waals surface area contributed by atoms with E-state index in [2.05, 4.69) is 10.5 Å². The Balaban J connectivity index is 2.07. The van der Waals surface area contributed by atoms with Gasteiger partial charge in [-0.15, -0.1) is 0 Å². The highest BCUT2D eigenvalue weighted by atomic mass is 19.1. The molecule has 1 heterocycles. The molecule has 2 rings (SSSR count). The first-order valence-electron chi connectivity index (χ1n) is 6.64. The zero-order valence-corrected chi connectivity index (χ0v) is 11.9. The van der Waals surface area contributed by atoms with Gasteiger partial charge < -0.3 is 14.9 Å². The van der Waals surface area contributed by atoms with Crippen LogP contribution >= 0.6 is 0 Å². The van der Waals surface area contributed by atoms with E-state index in [9.17, 15) is 14.0 Å². The summed E-state index contributed by atoms with van der Waals surface area (Å²) in [6, 6.07) is 7.00.